The predicted molar refractivity (Wildman–Crippen MR) is 79.0 cm³/mol. The maximum Gasteiger partial charge on any atom is 0.255 e. The van der Waals surface area contributed by atoms with Crippen molar-refractivity contribution in [2.45, 2.75) is 25.4 Å². The summed E-state index contributed by atoms with van der Waals surface area (Å²) in [5.74, 6) is -0.769. The molecule has 0 saturated carbocycles. The highest BCUT2D eigenvalue weighted by Crippen LogP contribution is 2.31. The van der Waals surface area contributed by atoms with Gasteiger partial charge in [0.1, 0.15) is 6.04 Å². The van der Waals surface area contributed by atoms with Gasteiger partial charge in [-0.2, -0.15) is 0 Å². The number of piperidine rings is 1. The second-order valence-electron chi connectivity index (χ2n) is 5.96. The van der Waals surface area contributed by atoms with Gasteiger partial charge < -0.3 is 9.47 Å². The molecule has 1 N–H and O–H groups in total. The highest BCUT2D eigenvalue weighted by atomic mass is 16.2. The number of nitrogens with zero attached hydrogens (tertiary/aromatic N) is 2. The Morgan fingerprint density at radius 2 is 1.86 bits per heavy atom. The van der Waals surface area contributed by atoms with Crippen LogP contribution in [0, 0.1) is 0 Å². The first-order chi connectivity index (χ1) is 10.5. The van der Waals surface area contributed by atoms with E-state index in [1.54, 1.807) is 4.90 Å². The lowest BCUT2D eigenvalue weighted by Gasteiger charge is -2.29. The zero-order valence-electron chi connectivity index (χ0n) is 12.1. The SMILES string of the molecule is Cn1cc2cc3c(cc2c1)C(=O)N(C1CCC(=O)NC1=O)C3. The van der Waals surface area contributed by atoms with Gasteiger partial charge in [0.25, 0.3) is 5.91 Å². The van der Waals surface area contributed by atoms with Crippen LogP contribution in [-0.2, 0) is 23.2 Å². The number of carbonyl (C=O) groups is 3. The van der Waals surface area contributed by atoms with E-state index >= 15 is 0 Å². The summed E-state index contributed by atoms with van der Waals surface area (Å²) in [6.45, 7) is 0.422. The van der Waals surface area contributed by atoms with Gasteiger partial charge >= 0.3 is 0 Å². The van der Waals surface area contributed by atoms with Gasteiger partial charge in [-0.05, 0) is 29.5 Å². The van der Waals surface area contributed by atoms with Crippen LogP contribution < -0.4 is 5.32 Å². The molecule has 0 radical (unpaired) electrons. The zero-order valence-corrected chi connectivity index (χ0v) is 12.1. The molecule has 1 atom stereocenters. The van der Waals surface area contributed by atoms with Crippen molar-refractivity contribution in [2.75, 3.05) is 0 Å². The van der Waals surface area contributed by atoms with E-state index in [2.05, 4.69) is 5.32 Å². The fraction of sp³-hybridized carbons (Fsp3) is 0.312. The Hall–Kier alpha value is -2.63. The van der Waals surface area contributed by atoms with Crippen molar-refractivity contribution in [3.8, 4) is 0 Å². The average molecular weight is 297 g/mol. The molecule has 1 aromatic heterocycles. The van der Waals surface area contributed by atoms with Gasteiger partial charge in [0.15, 0.2) is 0 Å². The highest BCUT2D eigenvalue weighted by molar-refractivity contribution is 6.07. The summed E-state index contributed by atoms with van der Waals surface area (Å²) in [4.78, 5) is 37.4. The summed E-state index contributed by atoms with van der Waals surface area (Å²) in [5, 5.41) is 4.41. The molecule has 2 aliphatic heterocycles. The lowest BCUT2D eigenvalue weighted by atomic mass is 10.0. The van der Waals surface area contributed by atoms with Crippen LogP contribution in [0.4, 0.5) is 0 Å². The van der Waals surface area contributed by atoms with Gasteiger partial charge in [0.2, 0.25) is 11.8 Å². The molecule has 1 aromatic carbocycles. The molecule has 1 saturated heterocycles. The average Bonchev–Trinajstić information content (AvgIpc) is 2.96. The fourth-order valence-corrected chi connectivity index (χ4v) is 3.35. The van der Waals surface area contributed by atoms with E-state index in [4.69, 9.17) is 0 Å². The van der Waals surface area contributed by atoms with Crippen molar-refractivity contribution >= 4 is 28.5 Å². The van der Waals surface area contributed by atoms with Gasteiger partial charge in [0.05, 0.1) is 0 Å². The minimum Gasteiger partial charge on any atom is -0.356 e. The Labute approximate surface area is 126 Å². The molecule has 2 aromatic rings. The van der Waals surface area contributed by atoms with Crippen molar-refractivity contribution in [1.29, 1.82) is 0 Å². The number of aromatic nitrogens is 1. The van der Waals surface area contributed by atoms with Crippen LogP contribution in [0.3, 0.4) is 0 Å². The minimum atomic E-state index is -0.553. The summed E-state index contributed by atoms with van der Waals surface area (Å²) in [6.07, 6.45) is 4.65. The largest absolute Gasteiger partial charge is 0.356 e. The Bertz CT molecular complexity index is 837. The van der Waals surface area contributed by atoms with E-state index in [1.807, 2.05) is 36.1 Å². The second-order valence-corrected chi connectivity index (χ2v) is 5.96. The van der Waals surface area contributed by atoms with Gasteiger partial charge in [-0.3, -0.25) is 19.7 Å². The molecule has 1 fully saturated rings. The van der Waals surface area contributed by atoms with E-state index in [0.717, 1.165) is 16.3 Å². The van der Waals surface area contributed by atoms with Gasteiger partial charge in [-0.15, -0.1) is 0 Å². The molecule has 22 heavy (non-hydrogen) atoms. The molecule has 0 bridgehead atoms. The number of hydrogen-bond donors (Lipinski definition) is 1. The Kier molecular flexibility index (Phi) is 2.63. The molecule has 2 aliphatic rings. The van der Waals surface area contributed by atoms with Gasteiger partial charge in [-0.1, -0.05) is 0 Å². The first kappa shape index (κ1) is 13.1. The number of imide groups is 1. The number of rotatable bonds is 1. The monoisotopic (exact) mass is 297 g/mol. The van der Waals surface area contributed by atoms with Crippen LogP contribution in [-0.4, -0.2) is 33.2 Å². The second kappa shape index (κ2) is 4.43. The number of benzene rings is 1. The van der Waals surface area contributed by atoms with Crippen LogP contribution in [0.15, 0.2) is 24.5 Å². The van der Waals surface area contributed by atoms with E-state index in [-0.39, 0.29) is 24.1 Å². The number of fused-ring (bicyclic) bond motifs is 2. The molecule has 6 nitrogen and oxygen atoms in total. The summed E-state index contributed by atoms with van der Waals surface area (Å²) in [5.41, 5.74) is 1.59. The summed E-state index contributed by atoms with van der Waals surface area (Å²) >= 11 is 0. The number of nitrogens with one attached hydrogen (secondary N) is 1. The summed E-state index contributed by atoms with van der Waals surface area (Å²) < 4.78 is 1.96. The van der Waals surface area contributed by atoms with Crippen LogP contribution >= 0.6 is 0 Å². The van der Waals surface area contributed by atoms with Gasteiger partial charge in [0, 0.05) is 43.4 Å². The standard InChI is InChI=1S/C16H15N3O3/c1-18-6-9-4-11-8-19(13-2-3-14(20)17-15(13)21)16(22)12(11)5-10(9)7-18/h4-7,13H,2-3,8H2,1H3,(H,17,20,21). The molecule has 6 heteroatoms. The quantitative estimate of drug-likeness (QED) is 0.796. The molecule has 0 spiro atoms. The third kappa shape index (κ3) is 1.83. The number of aryl methyl sites for hydroxylation is 1. The molecule has 0 aliphatic carbocycles. The van der Waals surface area contributed by atoms with Gasteiger partial charge in [-0.25, -0.2) is 0 Å². The smallest absolute Gasteiger partial charge is 0.255 e. The molecule has 112 valence electrons. The van der Waals surface area contributed by atoms with Crippen molar-refractivity contribution < 1.29 is 14.4 Å². The van der Waals surface area contributed by atoms with Crippen molar-refractivity contribution in [1.82, 2.24) is 14.8 Å². The first-order valence-electron chi connectivity index (χ1n) is 7.26. The Morgan fingerprint density at radius 1 is 1.14 bits per heavy atom. The number of carbonyl (C=O) groups excluding carboxylic acids is 3. The first-order valence-corrected chi connectivity index (χ1v) is 7.26. The maximum atomic E-state index is 12.6. The van der Waals surface area contributed by atoms with E-state index in [0.29, 0.717) is 18.5 Å². The summed E-state index contributed by atoms with van der Waals surface area (Å²) in [7, 11) is 1.95. The molecular weight excluding hydrogens is 282 g/mol. The lowest BCUT2D eigenvalue weighted by molar-refractivity contribution is -0.136. The third-order valence-corrected chi connectivity index (χ3v) is 4.41. The number of amides is 3. The van der Waals surface area contributed by atoms with Crippen LogP contribution in [0.2, 0.25) is 0 Å². The molecule has 4 rings (SSSR count). The predicted octanol–water partition coefficient (Wildman–Crippen LogP) is 0.939. The van der Waals surface area contributed by atoms with E-state index < -0.39 is 6.04 Å². The highest BCUT2D eigenvalue weighted by Gasteiger charge is 2.39. The summed E-state index contributed by atoms with van der Waals surface area (Å²) in [6, 6.07) is 3.34. The molecular formula is C16H15N3O3. The lowest BCUT2D eigenvalue weighted by Crippen LogP contribution is -2.52. The topological polar surface area (TPSA) is 71.4 Å². The van der Waals surface area contributed by atoms with Crippen LogP contribution in [0.1, 0.15) is 28.8 Å². The Morgan fingerprint density at radius 3 is 2.59 bits per heavy atom. The van der Waals surface area contributed by atoms with Crippen LogP contribution in [0.5, 0.6) is 0 Å². The molecule has 3 amide bonds. The Balaban J connectivity index is 1.69. The molecule has 1 unspecified atom stereocenters. The van der Waals surface area contributed by atoms with Crippen molar-refractivity contribution in [3.05, 3.63) is 35.7 Å². The zero-order chi connectivity index (χ0) is 15.4. The third-order valence-electron chi connectivity index (χ3n) is 4.41. The fourth-order valence-electron chi connectivity index (χ4n) is 3.35. The number of hydrogen-bond acceptors (Lipinski definition) is 3. The van der Waals surface area contributed by atoms with Crippen molar-refractivity contribution in [3.63, 3.8) is 0 Å². The minimum absolute atomic E-state index is 0.129. The normalized spacial score (nSPS) is 21.4. The van der Waals surface area contributed by atoms with Crippen molar-refractivity contribution in [2.24, 2.45) is 7.05 Å². The van der Waals surface area contributed by atoms with E-state index in [9.17, 15) is 14.4 Å². The van der Waals surface area contributed by atoms with Crippen LogP contribution in [0.25, 0.3) is 10.8 Å². The maximum absolute atomic E-state index is 12.6. The molecule has 3 heterocycles. The van der Waals surface area contributed by atoms with E-state index in [1.165, 1.54) is 0 Å².